The number of hydrogen-bond acceptors (Lipinski definition) is 3. The number of nitrogens with one attached hydrogen (secondary N) is 1. The molecule has 2 aromatic rings. The van der Waals surface area contributed by atoms with Crippen molar-refractivity contribution in [1.29, 1.82) is 0 Å². The van der Waals surface area contributed by atoms with Crippen LogP contribution in [-0.4, -0.2) is 20.6 Å². The lowest BCUT2D eigenvalue weighted by Gasteiger charge is -2.09. The Kier molecular flexibility index (Phi) is 3.53. The third-order valence-corrected chi connectivity index (χ3v) is 2.72. The predicted octanol–water partition coefficient (Wildman–Crippen LogP) is 2.19. The van der Waals surface area contributed by atoms with Crippen LogP contribution in [0, 0.1) is 6.92 Å². The number of phenolic OH excluding ortho intramolecular Hbond substituents is 1. The van der Waals surface area contributed by atoms with E-state index >= 15 is 0 Å². The van der Waals surface area contributed by atoms with E-state index in [4.69, 9.17) is 11.6 Å². The lowest BCUT2D eigenvalue weighted by molar-refractivity contribution is -0.116. The minimum atomic E-state index is -0.282. The van der Waals surface area contributed by atoms with Gasteiger partial charge in [-0.05, 0) is 36.2 Å². The fourth-order valence-corrected chi connectivity index (χ4v) is 1.70. The number of phenols is 1. The molecule has 0 aliphatic rings. The smallest absolute Gasteiger partial charge is 0.244 e. The summed E-state index contributed by atoms with van der Waals surface area (Å²) in [6, 6.07) is 5.00. The summed E-state index contributed by atoms with van der Waals surface area (Å²) in [5.74, 6) is -0.249. The highest BCUT2D eigenvalue weighted by molar-refractivity contribution is 6.28. The highest BCUT2D eigenvalue weighted by atomic mass is 35.5. The third kappa shape index (κ3) is 2.81. The van der Waals surface area contributed by atoms with Crippen LogP contribution in [-0.2, 0) is 11.3 Å². The molecule has 0 saturated carbocycles. The van der Waals surface area contributed by atoms with E-state index in [0.717, 1.165) is 5.56 Å². The highest BCUT2D eigenvalue weighted by Crippen LogP contribution is 2.23. The molecule has 2 rings (SSSR count). The zero-order valence-electron chi connectivity index (χ0n) is 9.72. The fourth-order valence-electron chi connectivity index (χ4n) is 1.52. The molecule has 0 spiro atoms. The Balaban J connectivity index is 2.08. The van der Waals surface area contributed by atoms with Crippen molar-refractivity contribution in [3.05, 3.63) is 41.4 Å². The summed E-state index contributed by atoms with van der Waals surface area (Å²) < 4.78 is 1.50. The van der Waals surface area contributed by atoms with Crippen molar-refractivity contribution in [3.63, 3.8) is 0 Å². The summed E-state index contributed by atoms with van der Waals surface area (Å²) in [4.78, 5) is 15.6. The molecule has 2 N–H and O–H groups in total. The first-order valence-electron chi connectivity index (χ1n) is 5.32. The Labute approximate surface area is 109 Å². The standard InChI is InChI=1S/C12H12ClN3O2/c1-8-2-3-10(17)9(6-8)15-11(18)7-16-5-4-14-12(16)13/h2-6,17H,7H2,1H3,(H,15,18). The largest absolute Gasteiger partial charge is 0.506 e. The van der Waals surface area contributed by atoms with Crippen LogP contribution in [0.5, 0.6) is 5.75 Å². The number of aryl methyl sites for hydroxylation is 1. The van der Waals surface area contributed by atoms with Gasteiger partial charge >= 0.3 is 0 Å². The summed E-state index contributed by atoms with van der Waals surface area (Å²) in [6.45, 7) is 1.92. The molecule has 1 amide bonds. The Morgan fingerprint density at radius 2 is 2.33 bits per heavy atom. The molecule has 5 nitrogen and oxygen atoms in total. The Morgan fingerprint density at radius 3 is 3.00 bits per heavy atom. The topological polar surface area (TPSA) is 67.2 Å². The molecular formula is C12H12ClN3O2. The van der Waals surface area contributed by atoms with Crippen LogP contribution in [0.1, 0.15) is 5.56 Å². The third-order valence-electron chi connectivity index (χ3n) is 2.40. The molecule has 6 heteroatoms. The maximum Gasteiger partial charge on any atom is 0.244 e. The number of carbonyl (C=O) groups excluding carboxylic acids is 1. The molecule has 1 aromatic carbocycles. The molecule has 0 atom stereocenters. The summed E-state index contributed by atoms with van der Waals surface area (Å²) in [7, 11) is 0. The molecule has 0 aliphatic heterocycles. The van der Waals surface area contributed by atoms with Crippen LogP contribution in [0.25, 0.3) is 0 Å². The lowest BCUT2D eigenvalue weighted by atomic mass is 10.2. The van der Waals surface area contributed by atoms with Crippen molar-refractivity contribution in [2.45, 2.75) is 13.5 Å². The van der Waals surface area contributed by atoms with Gasteiger partial charge < -0.3 is 15.0 Å². The van der Waals surface area contributed by atoms with Crippen molar-refractivity contribution in [3.8, 4) is 5.75 Å². The number of aromatic nitrogens is 2. The molecule has 94 valence electrons. The molecule has 0 saturated heterocycles. The van der Waals surface area contributed by atoms with Crippen molar-refractivity contribution < 1.29 is 9.90 Å². The molecular weight excluding hydrogens is 254 g/mol. The van der Waals surface area contributed by atoms with Gasteiger partial charge in [-0.15, -0.1) is 0 Å². The Hall–Kier alpha value is -2.01. The molecule has 1 aromatic heterocycles. The zero-order chi connectivity index (χ0) is 13.1. The Bertz CT molecular complexity index is 580. The monoisotopic (exact) mass is 265 g/mol. The number of amides is 1. The van der Waals surface area contributed by atoms with Gasteiger partial charge in [0.15, 0.2) is 0 Å². The summed E-state index contributed by atoms with van der Waals surface area (Å²) in [6.07, 6.45) is 3.12. The maximum atomic E-state index is 11.8. The SMILES string of the molecule is Cc1ccc(O)c(NC(=O)Cn2ccnc2Cl)c1. The van der Waals surface area contributed by atoms with E-state index < -0.39 is 0 Å². The summed E-state index contributed by atoms with van der Waals surface area (Å²) in [5, 5.41) is 12.5. The Morgan fingerprint density at radius 1 is 1.56 bits per heavy atom. The summed E-state index contributed by atoms with van der Waals surface area (Å²) >= 11 is 5.77. The second kappa shape index (κ2) is 5.10. The van der Waals surface area contributed by atoms with Crippen LogP contribution >= 0.6 is 11.6 Å². The number of halogens is 1. The van der Waals surface area contributed by atoms with Gasteiger partial charge in [0, 0.05) is 12.4 Å². The second-order valence-electron chi connectivity index (χ2n) is 3.89. The van der Waals surface area contributed by atoms with Gasteiger partial charge in [0.1, 0.15) is 12.3 Å². The van der Waals surface area contributed by atoms with Gasteiger partial charge in [0.2, 0.25) is 11.2 Å². The minimum Gasteiger partial charge on any atom is -0.506 e. The molecule has 0 aliphatic carbocycles. The lowest BCUT2D eigenvalue weighted by Crippen LogP contribution is -2.18. The number of hydrogen-bond donors (Lipinski definition) is 2. The number of anilines is 1. The quantitative estimate of drug-likeness (QED) is 0.836. The average molecular weight is 266 g/mol. The van der Waals surface area contributed by atoms with Gasteiger partial charge in [0.25, 0.3) is 0 Å². The predicted molar refractivity (Wildman–Crippen MR) is 68.7 cm³/mol. The first-order valence-corrected chi connectivity index (χ1v) is 5.70. The van der Waals surface area contributed by atoms with E-state index in [2.05, 4.69) is 10.3 Å². The number of imidazole rings is 1. The normalized spacial score (nSPS) is 10.3. The fraction of sp³-hybridized carbons (Fsp3) is 0.167. The highest BCUT2D eigenvalue weighted by Gasteiger charge is 2.09. The molecule has 0 bridgehead atoms. The first-order chi connectivity index (χ1) is 8.56. The minimum absolute atomic E-state index is 0.0330. The molecule has 0 fully saturated rings. The summed E-state index contributed by atoms with van der Waals surface area (Å²) in [5.41, 5.74) is 1.33. The molecule has 0 unspecified atom stereocenters. The van der Waals surface area contributed by atoms with E-state index in [1.165, 1.54) is 16.8 Å². The van der Waals surface area contributed by atoms with Crippen LogP contribution in [0.15, 0.2) is 30.6 Å². The van der Waals surface area contributed by atoms with Crippen LogP contribution in [0.3, 0.4) is 0 Å². The van der Waals surface area contributed by atoms with Gasteiger partial charge in [0.05, 0.1) is 5.69 Å². The number of carbonyl (C=O) groups is 1. The van der Waals surface area contributed by atoms with E-state index in [0.29, 0.717) is 5.69 Å². The van der Waals surface area contributed by atoms with E-state index in [1.54, 1.807) is 18.3 Å². The van der Waals surface area contributed by atoms with Crippen molar-refractivity contribution in [2.75, 3.05) is 5.32 Å². The van der Waals surface area contributed by atoms with Crippen LogP contribution in [0.2, 0.25) is 5.28 Å². The maximum absolute atomic E-state index is 11.8. The first kappa shape index (κ1) is 12.4. The molecule has 18 heavy (non-hydrogen) atoms. The van der Waals surface area contributed by atoms with Gasteiger partial charge in [-0.1, -0.05) is 6.07 Å². The number of aromatic hydroxyl groups is 1. The van der Waals surface area contributed by atoms with Crippen molar-refractivity contribution in [2.24, 2.45) is 0 Å². The number of benzene rings is 1. The van der Waals surface area contributed by atoms with E-state index in [9.17, 15) is 9.90 Å². The van der Waals surface area contributed by atoms with E-state index in [-0.39, 0.29) is 23.5 Å². The second-order valence-corrected chi connectivity index (χ2v) is 4.23. The number of rotatable bonds is 3. The van der Waals surface area contributed by atoms with Gasteiger partial charge in [-0.2, -0.15) is 0 Å². The average Bonchev–Trinajstić information content (AvgIpc) is 2.70. The number of nitrogens with zero attached hydrogens (tertiary/aromatic N) is 2. The van der Waals surface area contributed by atoms with Crippen LogP contribution < -0.4 is 5.32 Å². The van der Waals surface area contributed by atoms with Crippen LogP contribution in [0.4, 0.5) is 5.69 Å². The van der Waals surface area contributed by atoms with Crippen molar-refractivity contribution >= 4 is 23.2 Å². The van der Waals surface area contributed by atoms with E-state index in [1.807, 2.05) is 6.92 Å². The molecule has 1 heterocycles. The molecule has 0 radical (unpaired) electrons. The zero-order valence-corrected chi connectivity index (χ0v) is 10.5. The van der Waals surface area contributed by atoms with Gasteiger partial charge in [-0.3, -0.25) is 4.79 Å². The van der Waals surface area contributed by atoms with Crippen molar-refractivity contribution in [1.82, 2.24) is 9.55 Å². The van der Waals surface area contributed by atoms with Gasteiger partial charge in [-0.25, -0.2) is 4.98 Å².